The molecule has 19 heavy (non-hydrogen) atoms. The maximum Gasteiger partial charge on any atom is 0.242 e. The second-order valence-electron chi connectivity index (χ2n) is 4.11. The van der Waals surface area contributed by atoms with Gasteiger partial charge in [0.1, 0.15) is 4.90 Å². The average Bonchev–Trinajstić information content (AvgIpc) is 2.36. The standard InChI is InChI=1S/C12H21N3O3S/c1-4-18-9(2)8-15-10-5-6-12(11(13)7-10)19(16,17)14-3/h5-7,9,14-15H,4,8,13H2,1-3H3. The van der Waals surface area contributed by atoms with Gasteiger partial charge < -0.3 is 15.8 Å². The van der Waals surface area contributed by atoms with E-state index in [0.29, 0.717) is 13.2 Å². The minimum Gasteiger partial charge on any atom is -0.398 e. The van der Waals surface area contributed by atoms with E-state index in [1.807, 2.05) is 13.8 Å². The Labute approximate surface area is 114 Å². The van der Waals surface area contributed by atoms with Gasteiger partial charge in [-0.05, 0) is 39.1 Å². The lowest BCUT2D eigenvalue weighted by atomic mass is 10.2. The van der Waals surface area contributed by atoms with Crippen molar-refractivity contribution in [1.82, 2.24) is 4.72 Å². The van der Waals surface area contributed by atoms with Crippen LogP contribution in [0.25, 0.3) is 0 Å². The number of nitrogens with one attached hydrogen (secondary N) is 2. The third kappa shape index (κ3) is 4.38. The fraction of sp³-hybridized carbons (Fsp3) is 0.500. The zero-order valence-corrected chi connectivity index (χ0v) is 12.3. The van der Waals surface area contributed by atoms with E-state index in [0.717, 1.165) is 5.69 Å². The third-order valence-electron chi connectivity index (χ3n) is 2.61. The molecule has 1 aromatic carbocycles. The van der Waals surface area contributed by atoms with Gasteiger partial charge >= 0.3 is 0 Å². The second kappa shape index (κ2) is 6.74. The van der Waals surface area contributed by atoms with E-state index in [9.17, 15) is 8.42 Å². The molecule has 0 aromatic heterocycles. The molecule has 0 heterocycles. The van der Waals surface area contributed by atoms with E-state index in [1.54, 1.807) is 12.1 Å². The van der Waals surface area contributed by atoms with Gasteiger partial charge in [0, 0.05) is 18.8 Å². The molecular weight excluding hydrogens is 266 g/mol. The number of hydrogen-bond acceptors (Lipinski definition) is 5. The molecule has 1 atom stereocenters. The van der Waals surface area contributed by atoms with Crippen LogP contribution in [0.15, 0.2) is 23.1 Å². The normalized spacial score (nSPS) is 13.2. The molecule has 0 aliphatic heterocycles. The Morgan fingerprint density at radius 1 is 1.42 bits per heavy atom. The van der Waals surface area contributed by atoms with Crippen molar-refractivity contribution >= 4 is 21.4 Å². The largest absolute Gasteiger partial charge is 0.398 e. The smallest absolute Gasteiger partial charge is 0.242 e. The summed E-state index contributed by atoms with van der Waals surface area (Å²) in [6.45, 7) is 5.18. The Morgan fingerprint density at radius 3 is 2.63 bits per heavy atom. The van der Waals surface area contributed by atoms with Gasteiger partial charge in [0.25, 0.3) is 0 Å². The van der Waals surface area contributed by atoms with Crippen molar-refractivity contribution in [2.24, 2.45) is 0 Å². The monoisotopic (exact) mass is 287 g/mol. The highest BCUT2D eigenvalue weighted by Gasteiger charge is 2.15. The fourth-order valence-electron chi connectivity index (χ4n) is 1.62. The Bertz CT molecular complexity index is 517. The van der Waals surface area contributed by atoms with Crippen molar-refractivity contribution in [2.45, 2.75) is 24.8 Å². The SMILES string of the molecule is CCOC(C)CNc1ccc(S(=O)(=O)NC)c(N)c1. The first-order chi connectivity index (χ1) is 8.90. The molecule has 1 rings (SSSR count). The third-order valence-corrected chi connectivity index (χ3v) is 4.10. The molecular formula is C12H21N3O3S. The van der Waals surface area contributed by atoms with Crippen molar-refractivity contribution in [3.05, 3.63) is 18.2 Å². The van der Waals surface area contributed by atoms with Crippen molar-refractivity contribution in [1.29, 1.82) is 0 Å². The second-order valence-corrected chi connectivity index (χ2v) is 5.96. The molecule has 0 radical (unpaired) electrons. The first-order valence-electron chi connectivity index (χ1n) is 6.09. The number of nitrogens with two attached hydrogens (primary N) is 1. The molecule has 0 fully saturated rings. The predicted octanol–water partition coefficient (Wildman–Crippen LogP) is 1.01. The van der Waals surface area contributed by atoms with Crippen molar-refractivity contribution in [3.8, 4) is 0 Å². The molecule has 6 nitrogen and oxygen atoms in total. The van der Waals surface area contributed by atoms with Gasteiger partial charge in [-0.2, -0.15) is 0 Å². The molecule has 0 aliphatic carbocycles. The van der Waals surface area contributed by atoms with Gasteiger partial charge in [-0.3, -0.25) is 0 Å². The van der Waals surface area contributed by atoms with Crippen LogP contribution >= 0.6 is 0 Å². The van der Waals surface area contributed by atoms with Crippen LogP contribution in [0.3, 0.4) is 0 Å². The van der Waals surface area contributed by atoms with Crippen LogP contribution in [0.5, 0.6) is 0 Å². The maximum atomic E-state index is 11.7. The Morgan fingerprint density at radius 2 is 2.11 bits per heavy atom. The summed E-state index contributed by atoms with van der Waals surface area (Å²) >= 11 is 0. The molecule has 1 aromatic rings. The summed E-state index contributed by atoms with van der Waals surface area (Å²) in [6, 6.07) is 4.76. The summed E-state index contributed by atoms with van der Waals surface area (Å²) < 4.78 is 30.9. The zero-order chi connectivity index (χ0) is 14.5. The highest BCUT2D eigenvalue weighted by Crippen LogP contribution is 2.22. The Kier molecular flexibility index (Phi) is 5.59. The molecule has 4 N–H and O–H groups in total. The Balaban J connectivity index is 2.78. The highest BCUT2D eigenvalue weighted by atomic mass is 32.2. The summed E-state index contributed by atoms with van der Waals surface area (Å²) in [5, 5.41) is 3.15. The zero-order valence-electron chi connectivity index (χ0n) is 11.4. The first kappa shape index (κ1) is 15.7. The summed E-state index contributed by atoms with van der Waals surface area (Å²) in [6.07, 6.45) is 0.0759. The quantitative estimate of drug-likeness (QED) is 0.651. The van der Waals surface area contributed by atoms with E-state index in [4.69, 9.17) is 10.5 Å². The maximum absolute atomic E-state index is 11.7. The van der Waals surface area contributed by atoms with Gasteiger partial charge in [0.05, 0.1) is 11.8 Å². The van der Waals surface area contributed by atoms with Gasteiger partial charge in [-0.15, -0.1) is 0 Å². The fourth-order valence-corrected chi connectivity index (χ4v) is 2.45. The number of ether oxygens (including phenoxy) is 1. The molecule has 0 saturated heterocycles. The summed E-state index contributed by atoms with van der Waals surface area (Å²) in [7, 11) is -2.16. The van der Waals surface area contributed by atoms with Crippen LogP contribution in [0.2, 0.25) is 0 Å². The number of hydrogen-bond donors (Lipinski definition) is 3. The molecule has 0 spiro atoms. The van der Waals surface area contributed by atoms with Gasteiger partial charge in [-0.25, -0.2) is 13.1 Å². The van der Waals surface area contributed by atoms with Gasteiger partial charge in [0.2, 0.25) is 10.0 Å². The van der Waals surface area contributed by atoms with E-state index in [-0.39, 0.29) is 16.7 Å². The van der Waals surface area contributed by atoms with Crippen LogP contribution in [-0.2, 0) is 14.8 Å². The minimum atomic E-state index is -3.51. The van der Waals surface area contributed by atoms with Crippen LogP contribution in [0, 0.1) is 0 Å². The topological polar surface area (TPSA) is 93.4 Å². The van der Waals surface area contributed by atoms with E-state index >= 15 is 0 Å². The first-order valence-corrected chi connectivity index (χ1v) is 7.57. The lowest BCUT2D eigenvalue weighted by molar-refractivity contribution is 0.0855. The molecule has 0 aliphatic rings. The van der Waals surface area contributed by atoms with Crippen molar-refractivity contribution in [3.63, 3.8) is 0 Å². The number of rotatable bonds is 7. The van der Waals surface area contributed by atoms with E-state index in [2.05, 4.69) is 10.0 Å². The summed E-state index contributed by atoms with van der Waals surface area (Å²) in [5.41, 5.74) is 6.73. The Hall–Kier alpha value is -1.31. The van der Waals surface area contributed by atoms with Gasteiger partial charge in [0.15, 0.2) is 0 Å². The highest BCUT2D eigenvalue weighted by molar-refractivity contribution is 7.89. The lowest BCUT2D eigenvalue weighted by Gasteiger charge is -2.14. The summed E-state index contributed by atoms with van der Waals surface area (Å²) in [4.78, 5) is 0.0819. The van der Waals surface area contributed by atoms with Crippen LogP contribution in [-0.4, -0.2) is 34.7 Å². The molecule has 1 unspecified atom stereocenters. The van der Waals surface area contributed by atoms with Crippen molar-refractivity contribution < 1.29 is 13.2 Å². The molecule has 0 bridgehead atoms. The number of nitrogen functional groups attached to an aromatic ring is 1. The van der Waals surface area contributed by atoms with Gasteiger partial charge in [-0.1, -0.05) is 0 Å². The predicted molar refractivity (Wildman–Crippen MR) is 76.7 cm³/mol. The lowest BCUT2D eigenvalue weighted by Crippen LogP contribution is -2.21. The number of sulfonamides is 1. The average molecular weight is 287 g/mol. The number of benzene rings is 1. The summed E-state index contributed by atoms with van der Waals surface area (Å²) in [5.74, 6) is 0. The number of anilines is 2. The van der Waals surface area contributed by atoms with Crippen LogP contribution in [0.4, 0.5) is 11.4 Å². The van der Waals surface area contributed by atoms with Crippen molar-refractivity contribution in [2.75, 3.05) is 31.2 Å². The van der Waals surface area contributed by atoms with E-state index in [1.165, 1.54) is 13.1 Å². The molecule has 0 amide bonds. The molecule has 108 valence electrons. The molecule has 0 saturated carbocycles. The minimum absolute atomic E-state index is 0.0759. The van der Waals surface area contributed by atoms with Crippen LogP contribution < -0.4 is 15.8 Å². The van der Waals surface area contributed by atoms with Crippen LogP contribution in [0.1, 0.15) is 13.8 Å². The van der Waals surface area contributed by atoms with E-state index < -0.39 is 10.0 Å². The molecule has 7 heteroatoms.